The zero-order valence-corrected chi connectivity index (χ0v) is 12.5. The number of halogens is 1. The molecule has 1 N–H and O–H groups in total. The lowest BCUT2D eigenvalue weighted by molar-refractivity contribution is 0.0891. The zero-order valence-electron chi connectivity index (χ0n) is 10.9. The first kappa shape index (κ1) is 13.6. The summed E-state index contributed by atoms with van der Waals surface area (Å²) < 4.78 is 0.945. The SMILES string of the molecule is C[C@@H]1[C@H](C)CCC[C@@H]1NC(=O)c1cccc(Br)c1. The Kier molecular flexibility index (Phi) is 4.44. The molecule has 1 aliphatic carbocycles. The average molecular weight is 310 g/mol. The summed E-state index contributed by atoms with van der Waals surface area (Å²) in [4.78, 5) is 12.2. The summed E-state index contributed by atoms with van der Waals surface area (Å²) in [5.41, 5.74) is 0.731. The summed E-state index contributed by atoms with van der Waals surface area (Å²) in [7, 11) is 0. The van der Waals surface area contributed by atoms with Gasteiger partial charge in [-0.2, -0.15) is 0 Å². The van der Waals surface area contributed by atoms with Crippen molar-refractivity contribution < 1.29 is 4.79 Å². The van der Waals surface area contributed by atoms with Crippen LogP contribution in [0.25, 0.3) is 0 Å². The quantitative estimate of drug-likeness (QED) is 0.879. The molecule has 3 atom stereocenters. The van der Waals surface area contributed by atoms with Crippen molar-refractivity contribution in [1.82, 2.24) is 5.32 Å². The Morgan fingerprint density at radius 1 is 1.33 bits per heavy atom. The summed E-state index contributed by atoms with van der Waals surface area (Å²) in [5, 5.41) is 3.18. The van der Waals surface area contributed by atoms with Gasteiger partial charge < -0.3 is 5.32 Å². The fourth-order valence-corrected chi connectivity index (χ4v) is 3.07. The maximum absolute atomic E-state index is 12.2. The van der Waals surface area contributed by atoms with Crippen LogP contribution in [0.1, 0.15) is 43.5 Å². The molecule has 2 nitrogen and oxygen atoms in total. The van der Waals surface area contributed by atoms with E-state index in [1.165, 1.54) is 12.8 Å². The molecular weight excluding hydrogens is 290 g/mol. The molecule has 0 unspecified atom stereocenters. The Morgan fingerprint density at radius 2 is 2.11 bits per heavy atom. The second kappa shape index (κ2) is 5.87. The molecule has 0 spiro atoms. The fraction of sp³-hybridized carbons (Fsp3) is 0.533. The van der Waals surface area contributed by atoms with Crippen molar-refractivity contribution >= 4 is 21.8 Å². The van der Waals surface area contributed by atoms with Crippen LogP contribution >= 0.6 is 15.9 Å². The van der Waals surface area contributed by atoms with E-state index in [0.717, 1.165) is 16.5 Å². The normalized spacial score (nSPS) is 27.8. The van der Waals surface area contributed by atoms with E-state index in [9.17, 15) is 4.79 Å². The minimum Gasteiger partial charge on any atom is -0.349 e. The summed E-state index contributed by atoms with van der Waals surface area (Å²) in [6.45, 7) is 4.53. The summed E-state index contributed by atoms with van der Waals surface area (Å²) in [5.74, 6) is 1.31. The van der Waals surface area contributed by atoms with Crippen molar-refractivity contribution in [3.63, 3.8) is 0 Å². The van der Waals surface area contributed by atoms with E-state index in [1.807, 2.05) is 24.3 Å². The smallest absolute Gasteiger partial charge is 0.251 e. The molecule has 0 aromatic heterocycles. The van der Waals surface area contributed by atoms with Gasteiger partial charge in [0.15, 0.2) is 0 Å². The molecule has 18 heavy (non-hydrogen) atoms. The number of rotatable bonds is 2. The number of hydrogen-bond acceptors (Lipinski definition) is 1. The zero-order chi connectivity index (χ0) is 13.1. The van der Waals surface area contributed by atoms with E-state index >= 15 is 0 Å². The Labute approximate surface area is 117 Å². The van der Waals surface area contributed by atoms with Crippen LogP contribution in [0, 0.1) is 11.8 Å². The lowest BCUT2D eigenvalue weighted by Gasteiger charge is -2.34. The molecular formula is C15H20BrNO. The molecule has 3 heteroatoms. The van der Waals surface area contributed by atoms with E-state index in [-0.39, 0.29) is 5.91 Å². The maximum atomic E-state index is 12.2. The van der Waals surface area contributed by atoms with Crippen molar-refractivity contribution in [1.29, 1.82) is 0 Å². The highest BCUT2D eigenvalue weighted by atomic mass is 79.9. The predicted octanol–water partition coefficient (Wildman–Crippen LogP) is 4.00. The van der Waals surface area contributed by atoms with E-state index < -0.39 is 0 Å². The topological polar surface area (TPSA) is 29.1 Å². The highest BCUT2D eigenvalue weighted by molar-refractivity contribution is 9.10. The third-order valence-electron chi connectivity index (χ3n) is 4.11. The third kappa shape index (κ3) is 3.14. The number of hydrogen-bond donors (Lipinski definition) is 1. The van der Waals surface area contributed by atoms with Gasteiger partial charge in [0, 0.05) is 16.1 Å². The van der Waals surface area contributed by atoms with Gasteiger partial charge >= 0.3 is 0 Å². The molecule has 1 aromatic carbocycles. The number of amides is 1. The molecule has 0 heterocycles. The van der Waals surface area contributed by atoms with Crippen LogP contribution in [0.2, 0.25) is 0 Å². The minimum atomic E-state index is 0.0438. The van der Waals surface area contributed by atoms with E-state index in [2.05, 4.69) is 35.1 Å². The molecule has 0 aliphatic heterocycles. The second-order valence-electron chi connectivity index (χ2n) is 5.36. The van der Waals surface area contributed by atoms with Crippen LogP contribution < -0.4 is 5.32 Å². The summed E-state index contributed by atoms with van der Waals surface area (Å²) in [6, 6.07) is 7.87. The van der Waals surface area contributed by atoms with Crippen LogP contribution in [0.4, 0.5) is 0 Å². The van der Waals surface area contributed by atoms with Crippen molar-refractivity contribution in [2.75, 3.05) is 0 Å². The molecule has 0 radical (unpaired) electrons. The molecule has 98 valence electrons. The molecule has 1 saturated carbocycles. The third-order valence-corrected chi connectivity index (χ3v) is 4.60. The Hall–Kier alpha value is -0.830. The number of carbonyl (C=O) groups is 1. The van der Waals surface area contributed by atoms with Gasteiger partial charge in [-0.3, -0.25) is 4.79 Å². The van der Waals surface area contributed by atoms with Gasteiger partial charge in [-0.1, -0.05) is 48.7 Å². The lowest BCUT2D eigenvalue weighted by Crippen LogP contribution is -2.43. The first-order valence-corrected chi connectivity index (χ1v) is 7.43. The molecule has 1 fully saturated rings. The van der Waals surface area contributed by atoms with Gasteiger partial charge in [0.1, 0.15) is 0 Å². The maximum Gasteiger partial charge on any atom is 0.251 e. The summed E-state index contributed by atoms with van der Waals surface area (Å²) in [6.07, 6.45) is 3.60. The molecule has 0 bridgehead atoms. The summed E-state index contributed by atoms with van der Waals surface area (Å²) >= 11 is 3.40. The number of nitrogens with one attached hydrogen (secondary N) is 1. The van der Waals surface area contributed by atoms with Gasteiger partial charge in [0.25, 0.3) is 5.91 Å². The molecule has 2 rings (SSSR count). The average Bonchev–Trinajstić information content (AvgIpc) is 2.35. The van der Waals surface area contributed by atoms with Gasteiger partial charge in [-0.25, -0.2) is 0 Å². The molecule has 0 saturated heterocycles. The Balaban J connectivity index is 2.03. The second-order valence-corrected chi connectivity index (χ2v) is 6.27. The van der Waals surface area contributed by atoms with Crippen molar-refractivity contribution in [2.24, 2.45) is 11.8 Å². The highest BCUT2D eigenvalue weighted by Gasteiger charge is 2.28. The molecule has 1 aromatic rings. The van der Waals surface area contributed by atoms with Crippen LogP contribution in [0.3, 0.4) is 0 Å². The van der Waals surface area contributed by atoms with Gasteiger partial charge in [-0.15, -0.1) is 0 Å². The molecule has 1 aliphatic rings. The first-order chi connectivity index (χ1) is 8.58. The van der Waals surface area contributed by atoms with Crippen LogP contribution in [0.15, 0.2) is 28.7 Å². The largest absolute Gasteiger partial charge is 0.349 e. The molecule has 1 amide bonds. The van der Waals surface area contributed by atoms with E-state index in [4.69, 9.17) is 0 Å². The number of carbonyl (C=O) groups excluding carboxylic acids is 1. The van der Waals surface area contributed by atoms with E-state index in [0.29, 0.717) is 17.9 Å². The van der Waals surface area contributed by atoms with Gasteiger partial charge in [0.2, 0.25) is 0 Å². The van der Waals surface area contributed by atoms with Gasteiger partial charge in [0.05, 0.1) is 0 Å². The first-order valence-electron chi connectivity index (χ1n) is 6.64. The number of benzene rings is 1. The fourth-order valence-electron chi connectivity index (χ4n) is 2.67. The van der Waals surface area contributed by atoms with Crippen molar-refractivity contribution in [2.45, 2.75) is 39.2 Å². The Bertz CT molecular complexity index is 432. The lowest BCUT2D eigenvalue weighted by atomic mass is 9.78. The predicted molar refractivity (Wildman–Crippen MR) is 77.6 cm³/mol. The van der Waals surface area contributed by atoms with Gasteiger partial charge in [-0.05, 0) is 36.5 Å². The van der Waals surface area contributed by atoms with Crippen LogP contribution in [-0.4, -0.2) is 11.9 Å². The van der Waals surface area contributed by atoms with E-state index in [1.54, 1.807) is 0 Å². The van der Waals surface area contributed by atoms with Crippen molar-refractivity contribution in [3.8, 4) is 0 Å². The van der Waals surface area contributed by atoms with Crippen molar-refractivity contribution in [3.05, 3.63) is 34.3 Å². The van der Waals surface area contributed by atoms with Crippen LogP contribution in [0.5, 0.6) is 0 Å². The monoisotopic (exact) mass is 309 g/mol. The van der Waals surface area contributed by atoms with Crippen LogP contribution in [-0.2, 0) is 0 Å². The Morgan fingerprint density at radius 3 is 2.83 bits per heavy atom. The highest BCUT2D eigenvalue weighted by Crippen LogP contribution is 2.29. The standard InChI is InChI=1S/C15H20BrNO/c1-10-5-3-8-14(11(10)2)17-15(18)12-6-4-7-13(16)9-12/h4,6-7,9-11,14H,3,5,8H2,1-2H3,(H,17,18)/t10-,11-,14+/m1/s1. The minimum absolute atomic E-state index is 0.0438.